The second kappa shape index (κ2) is 7.62. The summed E-state index contributed by atoms with van der Waals surface area (Å²) in [5, 5.41) is 2.11. The molecule has 2 N–H and O–H groups in total. The number of hydrogen-bond donors (Lipinski definition) is 1. The minimum absolute atomic E-state index is 0.415. The van der Waals surface area contributed by atoms with E-state index in [2.05, 4.69) is 20.8 Å². The van der Waals surface area contributed by atoms with Gasteiger partial charge in [-0.25, -0.2) is 0 Å². The molecule has 0 aliphatic heterocycles. The lowest BCUT2D eigenvalue weighted by Crippen LogP contribution is -2.07. The highest BCUT2D eigenvalue weighted by atomic mass is 79.9. The van der Waals surface area contributed by atoms with Gasteiger partial charge in [-0.2, -0.15) is 5.06 Å². The number of carbonyl (C=O) groups is 1. The van der Waals surface area contributed by atoms with Gasteiger partial charge in [0.15, 0.2) is 6.29 Å². The Bertz CT molecular complexity index is 359. The van der Waals surface area contributed by atoms with E-state index >= 15 is 0 Å². The molecule has 0 atom stereocenters. The summed E-state index contributed by atoms with van der Waals surface area (Å²) in [4.78, 5) is 14.9. The van der Waals surface area contributed by atoms with Crippen molar-refractivity contribution in [3.8, 4) is 0 Å². The second-order valence-electron chi connectivity index (χ2n) is 3.01. The van der Waals surface area contributed by atoms with Gasteiger partial charge in [-0.3, -0.25) is 4.79 Å². The van der Waals surface area contributed by atoms with E-state index in [0.717, 1.165) is 0 Å². The molecule has 0 unspecified atom stereocenters. The van der Waals surface area contributed by atoms with Gasteiger partial charge in [-0.1, -0.05) is 11.6 Å². The van der Waals surface area contributed by atoms with Gasteiger partial charge in [-0.05, 0) is 28.1 Å². The molecule has 1 rings (SSSR count). The molecule has 0 radical (unpaired) electrons. The SMILES string of the molecule is CON(C)C.Nc1cc(Br)c(Cl)cc1C=O. The molecule has 6 heteroatoms. The minimum Gasteiger partial charge on any atom is -0.398 e. The molecule has 0 saturated carbocycles. The minimum atomic E-state index is 0.415. The number of hydroxylamine groups is 2. The molecule has 0 amide bonds. The van der Waals surface area contributed by atoms with Crippen molar-refractivity contribution in [1.82, 2.24) is 5.06 Å². The van der Waals surface area contributed by atoms with Crippen molar-refractivity contribution in [3.63, 3.8) is 0 Å². The molecule has 0 saturated heterocycles. The number of nitrogen functional groups attached to an aromatic ring is 1. The number of hydrogen-bond acceptors (Lipinski definition) is 4. The fraction of sp³-hybridized carbons (Fsp3) is 0.300. The van der Waals surface area contributed by atoms with Gasteiger partial charge < -0.3 is 10.6 Å². The first kappa shape index (κ1) is 15.4. The molecule has 1 aromatic rings. The number of rotatable bonds is 2. The van der Waals surface area contributed by atoms with Gasteiger partial charge in [-0.15, -0.1) is 0 Å². The van der Waals surface area contributed by atoms with E-state index in [9.17, 15) is 4.79 Å². The molecule has 0 heterocycles. The van der Waals surface area contributed by atoms with Crippen LogP contribution >= 0.6 is 27.5 Å². The van der Waals surface area contributed by atoms with Gasteiger partial charge in [0.25, 0.3) is 0 Å². The molecular formula is C10H14BrClN2O2. The summed E-state index contributed by atoms with van der Waals surface area (Å²) in [6.45, 7) is 0. The van der Waals surface area contributed by atoms with Crippen molar-refractivity contribution in [2.75, 3.05) is 26.9 Å². The molecule has 0 spiro atoms. The van der Waals surface area contributed by atoms with Gasteiger partial charge >= 0.3 is 0 Å². The van der Waals surface area contributed by atoms with Gasteiger partial charge in [0.1, 0.15) is 0 Å². The summed E-state index contributed by atoms with van der Waals surface area (Å²) in [5.41, 5.74) is 6.32. The maximum Gasteiger partial charge on any atom is 0.152 e. The van der Waals surface area contributed by atoms with E-state index in [4.69, 9.17) is 17.3 Å². The molecule has 0 bridgehead atoms. The lowest BCUT2D eigenvalue weighted by atomic mass is 10.2. The summed E-state index contributed by atoms with van der Waals surface area (Å²) < 4.78 is 0.697. The van der Waals surface area contributed by atoms with Crippen molar-refractivity contribution < 1.29 is 9.63 Å². The van der Waals surface area contributed by atoms with E-state index in [1.165, 1.54) is 6.07 Å². The fourth-order valence-electron chi connectivity index (χ4n) is 0.680. The Morgan fingerprint density at radius 1 is 1.50 bits per heavy atom. The molecule has 0 fully saturated rings. The van der Waals surface area contributed by atoms with Crippen LogP contribution in [0.25, 0.3) is 0 Å². The summed E-state index contributed by atoms with van der Waals surface area (Å²) >= 11 is 8.88. The lowest BCUT2D eigenvalue weighted by Gasteiger charge is -2.01. The number of carbonyl (C=O) groups excluding carboxylic acids is 1. The number of aldehydes is 1. The maximum absolute atomic E-state index is 10.3. The normalized spacial score (nSPS) is 9.62. The first-order valence-electron chi connectivity index (χ1n) is 4.33. The van der Waals surface area contributed by atoms with E-state index in [-0.39, 0.29) is 0 Å². The molecule has 4 nitrogen and oxygen atoms in total. The van der Waals surface area contributed by atoms with Crippen LogP contribution in [0.1, 0.15) is 10.4 Å². The quantitative estimate of drug-likeness (QED) is 0.518. The Morgan fingerprint density at radius 3 is 2.38 bits per heavy atom. The number of anilines is 1. The third-order valence-electron chi connectivity index (χ3n) is 1.62. The standard InChI is InChI=1S/C7H5BrClNO.C3H9NO/c8-5-2-7(10)4(3-11)1-6(5)9;1-4(2)5-3/h1-3H,10H2;1-3H3. The van der Waals surface area contributed by atoms with Gasteiger partial charge in [0.2, 0.25) is 0 Å². The number of benzene rings is 1. The number of nitrogens with zero attached hydrogens (tertiary/aromatic N) is 1. The van der Waals surface area contributed by atoms with Crippen LogP contribution in [0.4, 0.5) is 5.69 Å². The van der Waals surface area contributed by atoms with Crippen LogP contribution in [-0.2, 0) is 4.84 Å². The topological polar surface area (TPSA) is 55.6 Å². The Kier molecular flexibility index (Phi) is 7.33. The molecule has 90 valence electrons. The van der Waals surface area contributed by atoms with Gasteiger partial charge in [0.05, 0.1) is 12.1 Å². The lowest BCUT2D eigenvalue weighted by molar-refractivity contribution is -0.0855. The summed E-state index contributed by atoms with van der Waals surface area (Å²) in [6, 6.07) is 3.13. The predicted molar refractivity (Wildman–Crippen MR) is 69.6 cm³/mol. The van der Waals surface area contributed by atoms with Crippen LogP contribution in [-0.4, -0.2) is 32.6 Å². The summed E-state index contributed by atoms with van der Waals surface area (Å²) in [6.07, 6.45) is 0.674. The molecule has 0 aliphatic carbocycles. The Balaban J connectivity index is 0.000000385. The van der Waals surface area contributed by atoms with E-state index in [1.807, 2.05) is 14.1 Å². The van der Waals surface area contributed by atoms with Crippen LogP contribution in [0.15, 0.2) is 16.6 Å². The van der Waals surface area contributed by atoms with Crippen molar-refractivity contribution in [3.05, 3.63) is 27.2 Å². The van der Waals surface area contributed by atoms with Gasteiger partial charge in [0, 0.05) is 29.8 Å². The van der Waals surface area contributed by atoms with Crippen molar-refractivity contribution in [2.45, 2.75) is 0 Å². The van der Waals surface area contributed by atoms with Crippen LogP contribution < -0.4 is 5.73 Å². The largest absolute Gasteiger partial charge is 0.398 e. The average molecular weight is 310 g/mol. The number of nitrogens with two attached hydrogens (primary N) is 1. The monoisotopic (exact) mass is 308 g/mol. The zero-order chi connectivity index (χ0) is 12.7. The Morgan fingerprint density at radius 2 is 2.00 bits per heavy atom. The molecule has 0 aliphatic rings. The smallest absolute Gasteiger partial charge is 0.152 e. The molecule has 16 heavy (non-hydrogen) atoms. The molecule has 0 aromatic heterocycles. The van der Waals surface area contributed by atoms with E-state index in [0.29, 0.717) is 27.0 Å². The van der Waals surface area contributed by atoms with Crippen LogP contribution in [0.3, 0.4) is 0 Å². The van der Waals surface area contributed by atoms with E-state index < -0.39 is 0 Å². The Labute approximate surface area is 108 Å². The fourth-order valence-corrected chi connectivity index (χ4v) is 1.21. The second-order valence-corrected chi connectivity index (χ2v) is 4.27. The highest BCUT2D eigenvalue weighted by molar-refractivity contribution is 9.10. The summed E-state index contributed by atoms with van der Waals surface area (Å²) in [5.74, 6) is 0. The van der Waals surface area contributed by atoms with Crippen LogP contribution in [0.5, 0.6) is 0 Å². The maximum atomic E-state index is 10.3. The predicted octanol–water partition coefficient (Wildman–Crippen LogP) is 2.61. The highest BCUT2D eigenvalue weighted by Crippen LogP contribution is 2.26. The van der Waals surface area contributed by atoms with Crippen molar-refractivity contribution in [2.24, 2.45) is 0 Å². The highest BCUT2D eigenvalue weighted by Gasteiger charge is 2.02. The third-order valence-corrected chi connectivity index (χ3v) is 2.82. The zero-order valence-corrected chi connectivity index (χ0v) is 11.7. The van der Waals surface area contributed by atoms with E-state index in [1.54, 1.807) is 18.2 Å². The average Bonchev–Trinajstić information content (AvgIpc) is 2.24. The van der Waals surface area contributed by atoms with Crippen molar-refractivity contribution in [1.29, 1.82) is 0 Å². The zero-order valence-electron chi connectivity index (χ0n) is 9.33. The van der Waals surface area contributed by atoms with Crippen molar-refractivity contribution >= 4 is 39.5 Å². The Hall–Kier alpha value is -0.620. The summed E-state index contributed by atoms with van der Waals surface area (Å²) in [7, 11) is 5.29. The number of halogens is 2. The first-order chi connectivity index (χ1) is 7.42. The first-order valence-corrected chi connectivity index (χ1v) is 5.50. The molecular weight excluding hydrogens is 295 g/mol. The van der Waals surface area contributed by atoms with Crippen LogP contribution in [0.2, 0.25) is 5.02 Å². The van der Waals surface area contributed by atoms with Crippen LogP contribution in [0, 0.1) is 0 Å². The third kappa shape index (κ3) is 5.46. The molecule has 1 aromatic carbocycles.